The van der Waals surface area contributed by atoms with Gasteiger partial charge in [-0.1, -0.05) is 48.5 Å². The van der Waals surface area contributed by atoms with Gasteiger partial charge in [-0.3, -0.25) is 0 Å². The lowest BCUT2D eigenvalue weighted by Crippen LogP contribution is -2.17. The van der Waals surface area contributed by atoms with Crippen molar-refractivity contribution in [3.8, 4) is 23.3 Å². The minimum atomic E-state index is -0.490. The van der Waals surface area contributed by atoms with Crippen LogP contribution in [0.15, 0.2) is 109 Å². The summed E-state index contributed by atoms with van der Waals surface area (Å²) in [6.45, 7) is 0. The van der Waals surface area contributed by atoms with Crippen LogP contribution in [0, 0.1) is 0 Å². The first-order valence-electron chi connectivity index (χ1n) is 13.7. The van der Waals surface area contributed by atoms with Crippen molar-refractivity contribution >= 4 is 10.8 Å². The van der Waals surface area contributed by atoms with Gasteiger partial charge in [0.05, 0.1) is 36.4 Å². The van der Waals surface area contributed by atoms with Gasteiger partial charge in [0.2, 0.25) is 11.8 Å². The third-order valence-corrected chi connectivity index (χ3v) is 7.43. The zero-order chi connectivity index (χ0) is 29.1. The van der Waals surface area contributed by atoms with Gasteiger partial charge in [0.15, 0.2) is 12.2 Å². The topological polar surface area (TPSA) is 72.6 Å². The molecule has 0 bridgehead atoms. The fraction of sp³-hybridized carbons (Fsp3) is 0.176. The third-order valence-electron chi connectivity index (χ3n) is 7.43. The SMILES string of the molecule is COc1ccccc1[C@@H](Oc1nnc(O[C@H](c2ccccc2OC)c2cccn2C)c2ccccc12)c1cccn1C. The molecule has 0 amide bonds. The van der Waals surface area contributed by atoms with Crippen LogP contribution < -0.4 is 18.9 Å². The Bertz CT molecular complexity index is 1690. The molecule has 0 fully saturated rings. The largest absolute Gasteiger partial charge is 0.496 e. The number of methoxy groups -OCH3 is 2. The summed E-state index contributed by atoms with van der Waals surface area (Å²) in [7, 11) is 7.30. The molecule has 0 N–H and O–H groups in total. The Hall–Kier alpha value is -5.24. The normalized spacial score (nSPS) is 12.6. The first-order chi connectivity index (χ1) is 20.6. The number of nitrogens with zero attached hydrogens (tertiary/aromatic N) is 4. The van der Waals surface area contributed by atoms with Gasteiger partial charge >= 0.3 is 0 Å². The van der Waals surface area contributed by atoms with Crippen LogP contribution in [-0.4, -0.2) is 33.6 Å². The first kappa shape index (κ1) is 27.0. The van der Waals surface area contributed by atoms with Crippen molar-refractivity contribution < 1.29 is 18.9 Å². The Morgan fingerprint density at radius 2 is 0.929 bits per heavy atom. The van der Waals surface area contributed by atoms with Crippen molar-refractivity contribution in [2.45, 2.75) is 12.2 Å². The second-order valence-electron chi connectivity index (χ2n) is 9.92. The number of ether oxygens (including phenoxy) is 4. The molecular formula is C34H32N4O4. The van der Waals surface area contributed by atoms with E-state index in [1.54, 1.807) is 14.2 Å². The van der Waals surface area contributed by atoms with Crippen LogP contribution >= 0.6 is 0 Å². The minimum Gasteiger partial charge on any atom is -0.496 e. The molecule has 0 aliphatic carbocycles. The zero-order valence-electron chi connectivity index (χ0n) is 24.0. The number of aryl methyl sites for hydroxylation is 2. The second-order valence-corrected chi connectivity index (χ2v) is 9.92. The van der Waals surface area contributed by atoms with Crippen LogP contribution in [0.3, 0.4) is 0 Å². The van der Waals surface area contributed by atoms with Crippen molar-refractivity contribution in [1.82, 2.24) is 19.3 Å². The van der Waals surface area contributed by atoms with Crippen LogP contribution in [0.1, 0.15) is 34.7 Å². The average Bonchev–Trinajstić information content (AvgIpc) is 3.66. The quantitative estimate of drug-likeness (QED) is 0.187. The van der Waals surface area contributed by atoms with Gasteiger partial charge in [-0.05, 0) is 48.5 Å². The highest BCUT2D eigenvalue weighted by molar-refractivity contribution is 5.90. The third kappa shape index (κ3) is 5.03. The van der Waals surface area contributed by atoms with E-state index in [0.29, 0.717) is 11.8 Å². The summed E-state index contributed by atoms with van der Waals surface area (Å²) in [4.78, 5) is 0. The predicted molar refractivity (Wildman–Crippen MR) is 161 cm³/mol. The van der Waals surface area contributed by atoms with Crippen LogP contribution in [0.4, 0.5) is 0 Å². The Morgan fingerprint density at radius 3 is 1.31 bits per heavy atom. The maximum atomic E-state index is 6.70. The van der Waals surface area contributed by atoms with E-state index in [9.17, 15) is 0 Å². The van der Waals surface area contributed by atoms with E-state index in [0.717, 1.165) is 44.8 Å². The molecule has 6 rings (SSSR count). The summed E-state index contributed by atoms with van der Waals surface area (Å²) in [6, 6.07) is 31.6. The van der Waals surface area contributed by atoms with Crippen LogP contribution in [0.25, 0.3) is 10.8 Å². The van der Waals surface area contributed by atoms with Crippen molar-refractivity contribution in [2.24, 2.45) is 14.1 Å². The molecule has 3 aromatic heterocycles. The van der Waals surface area contributed by atoms with Crippen LogP contribution in [0.2, 0.25) is 0 Å². The highest BCUT2D eigenvalue weighted by Gasteiger charge is 2.27. The molecule has 0 aliphatic rings. The summed E-state index contributed by atoms with van der Waals surface area (Å²) < 4.78 is 28.9. The molecule has 0 spiro atoms. The summed E-state index contributed by atoms with van der Waals surface area (Å²) >= 11 is 0. The molecule has 3 heterocycles. The van der Waals surface area contributed by atoms with E-state index in [2.05, 4.69) is 10.2 Å². The van der Waals surface area contributed by atoms with Gasteiger partial charge in [-0.15, -0.1) is 10.2 Å². The lowest BCUT2D eigenvalue weighted by Gasteiger charge is -2.24. The predicted octanol–water partition coefficient (Wildman–Crippen LogP) is 6.66. The Kier molecular flexibility index (Phi) is 7.51. The molecule has 0 aliphatic heterocycles. The molecule has 212 valence electrons. The van der Waals surface area contributed by atoms with Gasteiger partial charge in [-0.2, -0.15) is 0 Å². The number of benzene rings is 3. The molecule has 2 atom stereocenters. The summed E-state index contributed by atoms with van der Waals surface area (Å²) in [5.74, 6) is 2.23. The standard InChI is InChI=1S/C34H32N4O4/c1-37-21-11-17-27(37)31(25-15-7-9-19-29(25)39-3)41-33-23-13-5-6-14-24(23)34(36-35-33)42-32(28-18-12-22-38(28)2)26-16-8-10-20-30(26)40-4/h5-22,31-32H,1-4H3/t31-,32-/m1/s1. The van der Waals surface area contributed by atoms with E-state index in [-0.39, 0.29) is 0 Å². The summed E-state index contributed by atoms with van der Waals surface area (Å²) in [5.41, 5.74) is 3.66. The minimum absolute atomic E-state index is 0.391. The molecule has 3 aromatic carbocycles. The second kappa shape index (κ2) is 11.7. The number of fused-ring (bicyclic) bond motifs is 1. The lowest BCUT2D eigenvalue weighted by molar-refractivity contribution is 0.211. The number of hydrogen-bond acceptors (Lipinski definition) is 6. The van der Waals surface area contributed by atoms with Crippen LogP contribution in [-0.2, 0) is 14.1 Å². The molecule has 6 aromatic rings. The Balaban J connectivity index is 1.44. The summed E-state index contributed by atoms with van der Waals surface area (Å²) in [6.07, 6.45) is 3.00. The lowest BCUT2D eigenvalue weighted by atomic mass is 10.0. The first-order valence-corrected chi connectivity index (χ1v) is 13.7. The highest BCUT2D eigenvalue weighted by atomic mass is 16.5. The van der Waals surface area contributed by atoms with Gasteiger partial charge in [-0.25, -0.2) is 0 Å². The maximum Gasteiger partial charge on any atom is 0.242 e. The van der Waals surface area contributed by atoms with E-state index < -0.39 is 12.2 Å². The van der Waals surface area contributed by atoms with Gasteiger partial charge in [0.1, 0.15) is 11.5 Å². The Morgan fingerprint density at radius 1 is 0.524 bits per heavy atom. The van der Waals surface area contributed by atoms with Crippen molar-refractivity contribution in [3.05, 3.63) is 132 Å². The average molecular weight is 561 g/mol. The highest BCUT2D eigenvalue weighted by Crippen LogP contribution is 2.39. The molecule has 42 heavy (non-hydrogen) atoms. The molecular weight excluding hydrogens is 528 g/mol. The van der Waals surface area contributed by atoms with E-state index >= 15 is 0 Å². The van der Waals surface area contributed by atoms with E-state index in [4.69, 9.17) is 18.9 Å². The maximum absolute atomic E-state index is 6.70. The number of para-hydroxylation sites is 2. The molecule has 8 nitrogen and oxygen atoms in total. The molecule has 0 unspecified atom stereocenters. The van der Waals surface area contributed by atoms with Gasteiger partial charge in [0.25, 0.3) is 0 Å². The van der Waals surface area contributed by atoms with Gasteiger partial charge in [0, 0.05) is 37.6 Å². The number of hydrogen-bond donors (Lipinski definition) is 0. The molecule has 8 heteroatoms. The molecule has 0 saturated heterocycles. The number of aromatic nitrogens is 4. The van der Waals surface area contributed by atoms with Crippen molar-refractivity contribution in [2.75, 3.05) is 14.2 Å². The number of rotatable bonds is 10. The Labute approximate surface area is 244 Å². The summed E-state index contributed by atoms with van der Waals surface area (Å²) in [5, 5.41) is 10.7. The zero-order valence-corrected chi connectivity index (χ0v) is 24.0. The molecule has 0 saturated carbocycles. The smallest absolute Gasteiger partial charge is 0.242 e. The fourth-order valence-corrected chi connectivity index (χ4v) is 5.28. The van der Waals surface area contributed by atoms with Crippen molar-refractivity contribution in [3.63, 3.8) is 0 Å². The molecule has 0 radical (unpaired) electrons. The van der Waals surface area contributed by atoms with E-state index in [1.807, 2.05) is 133 Å². The van der Waals surface area contributed by atoms with Crippen LogP contribution in [0.5, 0.6) is 23.3 Å². The monoisotopic (exact) mass is 560 g/mol. The van der Waals surface area contributed by atoms with Crippen molar-refractivity contribution in [1.29, 1.82) is 0 Å². The van der Waals surface area contributed by atoms with E-state index in [1.165, 1.54) is 0 Å². The van der Waals surface area contributed by atoms with Gasteiger partial charge < -0.3 is 28.1 Å². The fourth-order valence-electron chi connectivity index (χ4n) is 5.28.